The molecular formula is C17H15N5O. The predicted molar refractivity (Wildman–Crippen MR) is 88.6 cm³/mol. The molecule has 0 bridgehead atoms. The second-order valence-electron chi connectivity index (χ2n) is 5.76. The highest BCUT2D eigenvalue weighted by Gasteiger charge is 2.11. The molecule has 114 valence electrons. The van der Waals surface area contributed by atoms with Crippen LogP contribution >= 0.6 is 0 Å². The topological polar surface area (TPSA) is 75.9 Å². The summed E-state index contributed by atoms with van der Waals surface area (Å²) in [4.78, 5) is 24.1. The van der Waals surface area contributed by atoms with Crippen LogP contribution in [-0.4, -0.2) is 24.6 Å². The van der Waals surface area contributed by atoms with Gasteiger partial charge in [0, 0.05) is 0 Å². The third-order valence-electron chi connectivity index (χ3n) is 3.86. The van der Waals surface area contributed by atoms with Gasteiger partial charge in [-0.05, 0) is 39.0 Å². The SMILES string of the molecule is Cc1ccc2nc(-c3cc4c(C)nc(C)cn4n3)[nH]c(=O)c2c1. The fraction of sp³-hybridized carbons (Fsp3) is 0.176. The Labute approximate surface area is 131 Å². The maximum atomic E-state index is 12.3. The smallest absolute Gasteiger partial charge is 0.259 e. The molecule has 0 aliphatic rings. The minimum atomic E-state index is -0.156. The Morgan fingerprint density at radius 3 is 2.74 bits per heavy atom. The fourth-order valence-corrected chi connectivity index (χ4v) is 2.78. The molecule has 0 aliphatic heterocycles. The highest BCUT2D eigenvalue weighted by Crippen LogP contribution is 2.19. The van der Waals surface area contributed by atoms with Crippen molar-refractivity contribution in [2.45, 2.75) is 20.8 Å². The third-order valence-corrected chi connectivity index (χ3v) is 3.86. The molecular weight excluding hydrogens is 290 g/mol. The van der Waals surface area contributed by atoms with Crippen LogP contribution in [0.3, 0.4) is 0 Å². The van der Waals surface area contributed by atoms with Gasteiger partial charge >= 0.3 is 0 Å². The molecule has 0 saturated carbocycles. The van der Waals surface area contributed by atoms with E-state index in [-0.39, 0.29) is 5.56 Å². The molecule has 1 N–H and O–H groups in total. The van der Waals surface area contributed by atoms with Crippen molar-refractivity contribution in [3.8, 4) is 11.5 Å². The molecule has 0 amide bonds. The van der Waals surface area contributed by atoms with Crippen molar-refractivity contribution in [3.05, 3.63) is 57.8 Å². The standard InChI is InChI=1S/C17H15N5O/c1-9-4-5-13-12(6-9)17(23)20-16(19-13)14-7-15-11(3)18-10(2)8-22(15)21-14/h4-8H,1-3H3,(H,19,20,23). The summed E-state index contributed by atoms with van der Waals surface area (Å²) < 4.78 is 1.77. The van der Waals surface area contributed by atoms with Gasteiger partial charge in [0.1, 0.15) is 5.69 Å². The number of aryl methyl sites for hydroxylation is 3. The van der Waals surface area contributed by atoms with Gasteiger partial charge < -0.3 is 4.98 Å². The molecule has 0 unspecified atom stereocenters. The maximum absolute atomic E-state index is 12.3. The van der Waals surface area contributed by atoms with Crippen molar-refractivity contribution in [1.82, 2.24) is 24.6 Å². The van der Waals surface area contributed by atoms with Gasteiger partial charge in [0.25, 0.3) is 5.56 Å². The van der Waals surface area contributed by atoms with Crippen LogP contribution in [-0.2, 0) is 0 Å². The van der Waals surface area contributed by atoms with E-state index in [1.54, 1.807) is 4.52 Å². The molecule has 6 heteroatoms. The number of fused-ring (bicyclic) bond motifs is 2. The van der Waals surface area contributed by atoms with Crippen molar-refractivity contribution in [1.29, 1.82) is 0 Å². The van der Waals surface area contributed by atoms with Gasteiger partial charge in [0.2, 0.25) is 0 Å². The first kappa shape index (κ1) is 13.6. The number of rotatable bonds is 1. The van der Waals surface area contributed by atoms with Gasteiger partial charge in [-0.3, -0.25) is 9.78 Å². The molecule has 0 atom stereocenters. The van der Waals surface area contributed by atoms with Gasteiger partial charge in [-0.1, -0.05) is 11.6 Å². The summed E-state index contributed by atoms with van der Waals surface area (Å²) in [5.41, 5.74) is 4.84. The number of aromatic nitrogens is 5. The Morgan fingerprint density at radius 2 is 1.91 bits per heavy atom. The monoisotopic (exact) mass is 305 g/mol. The summed E-state index contributed by atoms with van der Waals surface area (Å²) in [5, 5.41) is 5.10. The molecule has 4 aromatic rings. The van der Waals surface area contributed by atoms with E-state index < -0.39 is 0 Å². The number of H-pyrrole nitrogens is 1. The average molecular weight is 305 g/mol. The first-order chi connectivity index (χ1) is 11.0. The van der Waals surface area contributed by atoms with Crippen molar-refractivity contribution < 1.29 is 0 Å². The van der Waals surface area contributed by atoms with Crippen LogP contribution in [0.4, 0.5) is 0 Å². The number of nitrogens with zero attached hydrogens (tertiary/aromatic N) is 4. The number of aromatic amines is 1. The molecule has 6 nitrogen and oxygen atoms in total. The Bertz CT molecular complexity index is 1120. The zero-order valence-corrected chi connectivity index (χ0v) is 13.1. The molecule has 3 heterocycles. The maximum Gasteiger partial charge on any atom is 0.259 e. The zero-order valence-electron chi connectivity index (χ0n) is 13.1. The third kappa shape index (κ3) is 2.19. The van der Waals surface area contributed by atoms with Gasteiger partial charge in [0.15, 0.2) is 5.82 Å². The van der Waals surface area contributed by atoms with Crippen LogP contribution in [0.25, 0.3) is 27.9 Å². The first-order valence-corrected chi connectivity index (χ1v) is 7.36. The Morgan fingerprint density at radius 1 is 1.09 bits per heavy atom. The Kier molecular flexibility index (Phi) is 2.81. The van der Waals surface area contributed by atoms with E-state index in [1.807, 2.05) is 51.2 Å². The molecule has 23 heavy (non-hydrogen) atoms. The fourth-order valence-electron chi connectivity index (χ4n) is 2.78. The number of benzene rings is 1. The number of hydrogen-bond acceptors (Lipinski definition) is 4. The van der Waals surface area contributed by atoms with Crippen molar-refractivity contribution >= 4 is 16.4 Å². The molecule has 0 spiro atoms. The van der Waals surface area contributed by atoms with E-state index in [0.717, 1.165) is 22.5 Å². The summed E-state index contributed by atoms with van der Waals surface area (Å²) in [6.07, 6.45) is 1.86. The Hall–Kier alpha value is -3.02. The largest absolute Gasteiger partial charge is 0.305 e. The second kappa shape index (κ2) is 4.74. The number of hydrogen-bond donors (Lipinski definition) is 1. The lowest BCUT2D eigenvalue weighted by atomic mass is 10.1. The molecule has 3 aromatic heterocycles. The molecule has 4 rings (SSSR count). The molecule has 0 aliphatic carbocycles. The van der Waals surface area contributed by atoms with Crippen molar-refractivity contribution in [2.75, 3.05) is 0 Å². The highest BCUT2D eigenvalue weighted by atomic mass is 16.1. The lowest BCUT2D eigenvalue weighted by Crippen LogP contribution is -2.09. The minimum Gasteiger partial charge on any atom is -0.305 e. The highest BCUT2D eigenvalue weighted by molar-refractivity contribution is 5.80. The van der Waals surface area contributed by atoms with E-state index in [0.29, 0.717) is 22.4 Å². The molecule has 1 aromatic carbocycles. The zero-order chi connectivity index (χ0) is 16.1. The summed E-state index contributed by atoms with van der Waals surface area (Å²) in [6.45, 7) is 5.81. The van der Waals surface area contributed by atoms with E-state index in [2.05, 4.69) is 20.1 Å². The van der Waals surface area contributed by atoms with E-state index >= 15 is 0 Å². The normalized spacial score (nSPS) is 11.4. The lowest BCUT2D eigenvalue weighted by Gasteiger charge is -2.01. The van der Waals surface area contributed by atoms with E-state index in [9.17, 15) is 4.79 Å². The van der Waals surface area contributed by atoms with Crippen LogP contribution in [0.15, 0.2) is 35.3 Å². The molecule has 0 radical (unpaired) electrons. The van der Waals surface area contributed by atoms with Crippen LogP contribution < -0.4 is 5.56 Å². The average Bonchev–Trinajstić information content (AvgIpc) is 2.92. The quantitative estimate of drug-likeness (QED) is 0.586. The summed E-state index contributed by atoms with van der Waals surface area (Å²) in [5.74, 6) is 0.465. The van der Waals surface area contributed by atoms with Crippen LogP contribution in [0.5, 0.6) is 0 Å². The predicted octanol–water partition coefficient (Wildman–Crippen LogP) is 2.56. The summed E-state index contributed by atoms with van der Waals surface area (Å²) in [6, 6.07) is 7.53. The van der Waals surface area contributed by atoms with E-state index in [4.69, 9.17) is 0 Å². The van der Waals surface area contributed by atoms with Gasteiger partial charge in [-0.2, -0.15) is 5.10 Å². The Balaban J connectivity index is 1.97. The van der Waals surface area contributed by atoms with Gasteiger partial charge in [-0.25, -0.2) is 9.50 Å². The van der Waals surface area contributed by atoms with Crippen molar-refractivity contribution in [2.24, 2.45) is 0 Å². The lowest BCUT2D eigenvalue weighted by molar-refractivity contribution is 0.912. The number of nitrogens with one attached hydrogen (secondary N) is 1. The first-order valence-electron chi connectivity index (χ1n) is 7.36. The van der Waals surface area contributed by atoms with Crippen LogP contribution in [0.1, 0.15) is 17.0 Å². The van der Waals surface area contributed by atoms with Crippen LogP contribution in [0.2, 0.25) is 0 Å². The molecule has 0 saturated heterocycles. The summed E-state index contributed by atoms with van der Waals surface area (Å²) in [7, 11) is 0. The molecule has 0 fully saturated rings. The van der Waals surface area contributed by atoms with E-state index in [1.165, 1.54) is 0 Å². The van der Waals surface area contributed by atoms with Gasteiger partial charge in [0.05, 0.1) is 34.0 Å². The minimum absolute atomic E-state index is 0.156. The van der Waals surface area contributed by atoms with Gasteiger partial charge in [-0.15, -0.1) is 0 Å². The summed E-state index contributed by atoms with van der Waals surface area (Å²) >= 11 is 0. The van der Waals surface area contributed by atoms with Crippen molar-refractivity contribution in [3.63, 3.8) is 0 Å². The second-order valence-corrected chi connectivity index (χ2v) is 5.76. The van der Waals surface area contributed by atoms with Crippen LogP contribution in [0, 0.1) is 20.8 Å².